The van der Waals surface area contributed by atoms with Crippen molar-refractivity contribution in [1.29, 1.82) is 0 Å². The van der Waals surface area contributed by atoms with Gasteiger partial charge in [0.25, 0.3) is 0 Å². The van der Waals surface area contributed by atoms with E-state index in [0.29, 0.717) is 0 Å². The first-order valence-corrected chi connectivity index (χ1v) is 6.04. The Balaban J connectivity index is 3.31. The molecule has 4 heteroatoms. The van der Waals surface area contributed by atoms with Gasteiger partial charge in [0.05, 0.1) is 20.3 Å². The molecule has 1 unspecified atom stereocenters. The number of nitrogens with two attached hydrogens (primary N) is 1. The van der Waals surface area contributed by atoms with Crippen LogP contribution in [0.5, 0.6) is 11.5 Å². The lowest BCUT2D eigenvalue weighted by atomic mass is 9.86. The second-order valence-electron chi connectivity index (χ2n) is 5.01. The minimum atomic E-state index is -0.216. The predicted molar refractivity (Wildman–Crippen MR) is 74.4 cm³/mol. The molecule has 0 spiro atoms. The van der Waals surface area contributed by atoms with Crippen LogP contribution < -0.4 is 20.5 Å². The minimum Gasteiger partial charge on any atom is -0.497 e. The van der Waals surface area contributed by atoms with Crippen molar-refractivity contribution >= 4 is 0 Å². The fourth-order valence-electron chi connectivity index (χ4n) is 1.94. The Morgan fingerprint density at radius 1 is 1.22 bits per heavy atom. The van der Waals surface area contributed by atoms with E-state index >= 15 is 0 Å². The summed E-state index contributed by atoms with van der Waals surface area (Å²) in [6.45, 7) is 6.16. The molecule has 0 saturated carbocycles. The van der Waals surface area contributed by atoms with Crippen molar-refractivity contribution in [2.24, 2.45) is 5.73 Å². The molecule has 0 saturated heterocycles. The average molecular weight is 252 g/mol. The summed E-state index contributed by atoms with van der Waals surface area (Å²) >= 11 is 0. The van der Waals surface area contributed by atoms with E-state index in [0.717, 1.165) is 22.6 Å². The third-order valence-electron chi connectivity index (χ3n) is 3.51. The van der Waals surface area contributed by atoms with Crippen LogP contribution in [0.15, 0.2) is 12.1 Å². The molecule has 0 amide bonds. The van der Waals surface area contributed by atoms with Gasteiger partial charge in [0, 0.05) is 17.2 Å². The van der Waals surface area contributed by atoms with Gasteiger partial charge in [-0.2, -0.15) is 0 Å². The summed E-state index contributed by atoms with van der Waals surface area (Å²) in [6.07, 6.45) is 0. The van der Waals surface area contributed by atoms with Crippen molar-refractivity contribution in [2.75, 3.05) is 21.3 Å². The fourth-order valence-corrected chi connectivity index (χ4v) is 1.94. The van der Waals surface area contributed by atoms with E-state index in [4.69, 9.17) is 15.2 Å². The van der Waals surface area contributed by atoms with Gasteiger partial charge >= 0.3 is 0 Å². The highest BCUT2D eigenvalue weighted by molar-refractivity contribution is 5.48. The van der Waals surface area contributed by atoms with Crippen LogP contribution >= 0.6 is 0 Å². The standard InChI is InChI=1S/C14H24N2O2/c1-9-7-10(17-5)8-11(18-6)12(9)13(15)14(2,3)16-4/h7-8,13,16H,15H2,1-6H3. The van der Waals surface area contributed by atoms with Crippen molar-refractivity contribution in [3.63, 3.8) is 0 Å². The van der Waals surface area contributed by atoms with Gasteiger partial charge in [-0.15, -0.1) is 0 Å². The topological polar surface area (TPSA) is 56.5 Å². The van der Waals surface area contributed by atoms with Crippen LogP contribution in [0, 0.1) is 6.92 Å². The molecule has 0 aliphatic heterocycles. The first-order chi connectivity index (χ1) is 8.37. The Kier molecular flexibility index (Phi) is 4.59. The molecule has 0 aliphatic rings. The first kappa shape index (κ1) is 14.8. The predicted octanol–water partition coefficient (Wildman–Crippen LogP) is 2.01. The number of hydrogen-bond acceptors (Lipinski definition) is 4. The average Bonchev–Trinajstić information content (AvgIpc) is 2.36. The normalized spacial score (nSPS) is 13.3. The van der Waals surface area contributed by atoms with Crippen LogP contribution in [0.25, 0.3) is 0 Å². The summed E-state index contributed by atoms with van der Waals surface area (Å²) in [6, 6.07) is 3.68. The molecule has 4 nitrogen and oxygen atoms in total. The molecule has 3 N–H and O–H groups in total. The molecule has 102 valence electrons. The summed E-state index contributed by atoms with van der Waals surface area (Å²) in [5.74, 6) is 1.55. The van der Waals surface area contributed by atoms with Crippen LogP contribution in [0.3, 0.4) is 0 Å². The Morgan fingerprint density at radius 3 is 2.28 bits per heavy atom. The van der Waals surface area contributed by atoms with E-state index < -0.39 is 0 Å². The molecule has 1 aromatic carbocycles. The SMILES string of the molecule is CNC(C)(C)C(N)c1c(C)cc(OC)cc1OC. The quantitative estimate of drug-likeness (QED) is 0.841. The number of methoxy groups -OCH3 is 2. The van der Waals surface area contributed by atoms with Gasteiger partial charge in [-0.3, -0.25) is 0 Å². The molecule has 0 heterocycles. The number of hydrogen-bond donors (Lipinski definition) is 2. The van der Waals surface area contributed by atoms with Gasteiger partial charge in [-0.25, -0.2) is 0 Å². The fraction of sp³-hybridized carbons (Fsp3) is 0.571. The van der Waals surface area contributed by atoms with Crippen molar-refractivity contribution in [3.8, 4) is 11.5 Å². The lowest BCUT2D eigenvalue weighted by Crippen LogP contribution is -2.46. The van der Waals surface area contributed by atoms with Crippen molar-refractivity contribution in [2.45, 2.75) is 32.4 Å². The molecule has 1 aromatic rings. The van der Waals surface area contributed by atoms with Gasteiger partial charge in [0.1, 0.15) is 11.5 Å². The molecule has 1 atom stereocenters. The van der Waals surface area contributed by atoms with Crippen molar-refractivity contribution in [1.82, 2.24) is 5.32 Å². The van der Waals surface area contributed by atoms with E-state index in [2.05, 4.69) is 19.2 Å². The molecular formula is C14H24N2O2. The summed E-state index contributed by atoms with van der Waals surface area (Å²) in [7, 11) is 5.20. The molecule has 0 bridgehead atoms. The number of benzene rings is 1. The minimum absolute atomic E-state index is 0.164. The van der Waals surface area contributed by atoms with Gasteiger partial charge in [0.15, 0.2) is 0 Å². The highest BCUT2D eigenvalue weighted by Gasteiger charge is 2.29. The van der Waals surface area contributed by atoms with E-state index in [1.165, 1.54) is 0 Å². The number of aryl methyl sites for hydroxylation is 1. The Hall–Kier alpha value is -1.26. The summed E-state index contributed by atoms with van der Waals surface area (Å²) in [4.78, 5) is 0. The number of nitrogens with one attached hydrogen (secondary N) is 1. The van der Waals surface area contributed by atoms with Gasteiger partial charge in [-0.05, 0) is 39.4 Å². The van der Waals surface area contributed by atoms with E-state index in [1.54, 1.807) is 14.2 Å². The zero-order chi connectivity index (χ0) is 13.9. The van der Waals surface area contributed by atoms with Crippen molar-refractivity contribution < 1.29 is 9.47 Å². The Bertz CT molecular complexity index is 417. The first-order valence-electron chi connectivity index (χ1n) is 6.04. The third kappa shape index (κ3) is 2.76. The summed E-state index contributed by atoms with van der Waals surface area (Å²) < 4.78 is 10.7. The maximum Gasteiger partial charge on any atom is 0.127 e. The van der Waals surface area contributed by atoms with E-state index in [-0.39, 0.29) is 11.6 Å². The van der Waals surface area contributed by atoms with Crippen LogP contribution in [0.2, 0.25) is 0 Å². The monoisotopic (exact) mass is 252 g/mol. The zero-order valence-electron chi connectivity index (χ0n) is 12.1. The molecule has 0 fully saturated rings. The Morgan fingerprint density at radius 2 is 1.83 bits per heavy atom. The molecule has 18 heavy (non-hydrogen) atoms. The van der Waals surface area contributed by atoms with Gasteiger partial charge < -0.3 is 20.5 Å². The van der Waals surface area contributed by atoms with Crippen molar-refractivity contribution in [3.05, 3.63) is 23.3 Å². The smallest absolute Gasteiger partial charge is 0.127 e. The molecule has 0 aromatic heterocycles. The second-order valence-corrected chi connectivity index (χ2v) is 5.01. The van der Waals surface area contributed by atoms with Crippen LogP contribution in [0.1, 0.15) is 31.0 Å². The molecule has 0 aliphatic carbocycles. The highest BCUT2D eigenvalue weighted by atomic mass is 16.5. The zero-order valence-corrected chi connectivity index (χ0v) is 12.1. The Labute approximate surface area is 109 Å². The number of ether oxygens (including phenoxy) is 2. The number of likely N-dealkylation sites (N-methyl/N-ethyl adjacent to an activating group) is 1. The van der Waals surface area contributed by atoms with E-state index in [1.807, 2.05) is 26.1 Å². The third-order valence-corrected chi connectivity index (χ3v) is 3.51. The van der Waals surface area contributed by atoms with Gasteiger partial charge in [-0.1, -0.05) is 0 Å². The van der Waals surface area contributed by atoms with E-state index in [9.17, 15) is 0 Å². The number of rotatable bonds is 5. The lowest BCUT2D eigenvalue weighted by Gasteiger charge is -2.33. The van der Waals surface area contributed by atoms with Crippen LogP contribution in [-0.4, -0.2) is 26.8 Å². The maximum absolute atomic E-state index is 6.37. The lowest BCUT2D eigenvalue weighted by molar-refractivity contribution is 0.330. The summed E-state index contributed by atoms with van der Waals surface area (Å²) in [5.41, 5.74) is 8.24. The molecule has 1 rings (SSSR count). The second kappa shape index (κ2) is 5.59. The maximum atomic E-state index is 6.37. The molecule has 0 radical (unpaired) electrons. The van der Waals surface area contributed by atoms with Crippen LogP contribution in [0.4, 0.5) is 0 Å². The largest absolute Gasteiger partial charge is 0.497 e. The van der Waals surface area contributed by atoms with Crippen LogP contribution in [-0.2, 0) is 0 Å². The van der Waals surface area contributed by atoms with Gasteiger partial charge in [0.2, 0.25) is 0 Å². The molecular weight excluding hydrogens is 228 g/mol. The summed E-state index contributed by atoms with van der Waals surface area (Å²) in [5, 5.41) is 3.23. The highest BCUT2D eigenvalue weighted by Crippen LogP contribution is 2.36.